The van der Waals surface area contributed by atoms with Gasteiger partial charge >= 0.3 is 0 Å². The first-order valence-corrected chi connectivity index (χ1v) is 2.00. The van der Waals surface area contributed by atoms with Crippen LogP contribution in [0.3, 0.4) is 0 Å². The zero-order chi connectivity index (χ0) is 4.24. The topological polar surface area (TPSA) is 0 Å². The highest BCUT2D eigenvalue weighted by molar-refractivity contribution is 4.99. The lowest BCUT2D eigenvalue weighted by Gasteiger charge is -1.69. The summed E-state index contributed by atoms with van der Waals surface area (Å²) in [4.78, 5) is 0. The van der Waals surface area contributed by atoms with E-state index in [0.717, 1.165) is 0 Å². The maximum absolute atomic E-state index is 2.00. The summed E-state index contributed by atoms with van der Waals surface area (Å²) in [5, 5.41) is 0. The monoisotopic (exact) mass is 178 g/mol. The van der Waals surface area contributed by atoms with Crippen LogP contribution in [0.5, 0.6) is 0 Å². The second kappa shape index (κ2) is 23.2. The fourth-order valence-corrected chi connectivity index (χ4v) is 0.385. The van der Waals surface area contributed by atoms with Gasteiger partial charge in [-0.2, -0.15) is 0 Å². The normalized spacial score (nSPS) is 4.36. The largest absolute Gasteiger partial charge is 0.269 e. The molecule has 70 valence electrons. The Kier molecular flexibility index (Phi) is 68.9. The molecule has 0 saturated heterocycles. The number of halogens is 5. The van der Waals surface area contributed by atoms with Gasteiger partial charge in [-0.3, -0.25) is 23.5 Å². The average molecular weight is 178 g/mol. The molecule has 0 heterocycles. The molecule has 0 aliphatic carbocycles. The Balaban J connectivity index is -0.0000000240. The minimum atomic E-state index is 0. The molecular weight excluding hydrogens is 167 g/mol. The van der Waals surface area contributed by atoms with Crippen molar-refractivity contribution in [3.63, 3.8) is 0 Å². The van der Waals surface area contributed by atoms with Crippen LogP contribution in [-0.4, -0.2) is 0 Å². The Morgan fingerprint density at radius 3 is 0.455 bits per heavy atom. The van der Waals surface area contributed by atoms with Gasteiger partial charge in [-0.25, -0.2) is 0 Å². The van der Waals surface area contributed by atoms with Crippen molar-refractivity contribution < 1.29 is 23.5 Å². The highest BCUT2D eigenvalue weighted by Gasteiger charge is 1.57. The van der Waals surface area contributed by atoms with Crippen LogP contribution >= 0.6 is 0 Å². The predicted octanol–water partition coefficient (Wildman–Crippen LogP) is 2.45. The predicted molar refractivity (Wildman–Crippen MR) is 39.0 cm³/mol. The molecule has 0 nitrogen and oxygen atoms in total. The molecule has 0 N–H and O–H groups in total. The molecule has 0 unspecified atom stereocenters. The van der Waals surface area contributed by atoms with Gasteiger partial charge in [0.1, 0.15) is 0 Å². The summed E-state index contributed by atoms with van der Waals surface area (Å²) in [5.41, 5.74) is 0. The van der Waals surface area contributed by atoms with E-state index >= 15 is 0 Å². The first-order chi connectivity index (χ1) is 3.00. The van der Waals surface area contributed by atoms with E-state index in [9.17, 15) is 0 Å². The molecule has 0 spiro atoms. The molecule has 0 saturated carbocycles. The molecule has 5 heteroatoms. The maximum atomic E-state index is 2.00. The van der Waals surface area contributed by atoms with E-state index in [2.05, 4.69) is 0 Å². The van der Waals surface area contributed by atoms with Crippen LogP contribution in [0.2, 0.25) is 0 Å². The number of rotatable bonds is 0. The molecule has 11 heavy (non-hydrogen) atoms. The zero-order valence-electron chi connectivity index (χ0n) is 5.51. The van der Waals surface area contributed by atoms with Crippen molar-refractivity contribution in [2.24, 2.45) is 0 Å². The van der Waals surface area contributed by atoms with Crippen LogP contribution < -0.4 is 0 Å². The summed E-state index contributed by atoms with van der Waals surface area (Å²) in [7, 11) is 0. The summed E-state index contributed by atoms with van der Waals surface area (Å²) in [5.74, 6) is 0. The van der Waals surface area contributed by atoms with Gasteiger partial charge in [0.2, 0.25) is 0 Å². The number of hydrogen-bond acceptors (Lipinski definition) is 0. The molecule has 0 aliphatic heterocycles. The van der Waals surface area contributed by atoms with E-state index in [1.54, 1.807) is 0 Å². The Bertz CT molecular complexity index is 82.9. The fraction of sp³-hybridized carbons (Fsp3) is 0. The van der Waals surface area contributed by atoms with Crippen LogP contribution in [0.1, 0.15) is 0 Å². The van der Waals surface area contributed by atoms with Crippen LogP contribution in [-0.2, 0) is 0 Å². The third-order valence-electron chi connectivity index (χ3n) is 0.667. The first-order valence-electron chi connectivity index (χ1n) is 2.00. The lowest BCUT2D eigenvalue weighted by atomic mass is 10.4. The molecule has 0 amide bonds. The Morgan fingerprint density at radius 2 is 0.364 bits per heavy atom. The van der Waals surface area contributed by atoms with Gasteiger partial charge in [0, 0.05) is 0 Å². The van der Waals surface area contributed by atoms with E-state index in [1.165, 1.54) is 0 Å². The third kappa shape index (κ3) is 17.7. The van der Waals surface area contributed by atoms with Crippen LogP contribution in [0.4, 0.5) is 23.5 Å². The van der Waals surface area contributed by atoms with Gasteiger partial charge in [-0.15, -0.1) is 0 Å². The van der Waals surface area contributed by atoms with Gasteiger partial charge in [0.25, 0.3) is 0 Å². The summed E-state index contributed by atoms with van der Waals surface area (Å²) < 4.78 is 0. The third-order valence-corrected chi connectivity index (χ3v) is 0.667. The summed E-state index contributed by atoms with van der Waals surface area (Å²) in [6.07, 6.45) is 0. The number of benzene rings is 1. The molecule has 0 aromatic heterocycles. The van der Waals surface area contributed by atoms with Crippen LogP contribution in [0.15, 0.2) is 36.4 Å². The Morgan fingerprint density at radius 1 is 0.273 bits per heavy atom. The maximum Gasteiger partial charge on any atom is -0.0623 e. The van der Waals surface area contributed by atoms with E-state index in [1.807, 2.05) is 36.4 Å². The highest BCUT2D eigenvalue weighted by Crippen LogP contribution is 1.79. The van der Waals surface area contributed by atoms with Crippen molar-refractivity contribution in [1.29, 1.82) is 0 Å². The number of hydrogen-bond donors (Lipinski definition) is 0. The van der Waals surface area contributed by atoms with Gasteiger partial charge in [-0.05, 0) is 0 Å². The van der Waals surface area contributed by atoms with Crippen molar-refractivity contribution in [3.05, 3.63) is 36.4 Å². The van der Waals surface area contributed by atoms with Crippen LogP contribution in [0, 0.1) is 0 Å². The lowest BCUT2D eigenvalue weighted by molar-refractivity contribution is 1.11. The smallest absolute Gasteiger partial charge is 0.0623 e. The molecule has 1 rings (SSSR count). The minimum Gasteiger partial charge on any atom is -0.269 e. The average Bonchev–Trinajstić information content (AvgIpc) is 1.72. The fourth-order valence-electron chi connectivity index (χ4n) is 0.385. The Hall–Kier alpha value is -1.13. The van der Waals surface area contributed by atoms with Crippen LogP contribution in [0.25, 0.3) is 0 Å². The zero-order valence-corrected chi connectivity index (χ0v) is 5.51. The Labute approximate surface area is 61.1 Å². The SMILES string of the molecule is F.F.F.F.F.c1ccccc1. The standard InChI is InChI=1S/C6H6.5FH/c1-2-4-6-5-3-1;;;;;/h1-6H;5*1H. The molecule has 1 aromatic rings. The quantitative estimate of drug-likeness (QED) is 0.535. The van der Waals surface area contributed by atoms with Crippen molar-refractivity contribution in [2.45, 2.75) is 0 Å². The first kappa shape index (κ1) is 32.7. The molecular formula is C6H11F5. The lowest BCUT2D eigenvalue weighted by Crippen LogP contribution is -1.47. The van der Waals surface area contributed by atoms with Gasteiger partial charge < -0.3 is 0 Å². The second-order valence-electron chi connectivity index (χ2n) is 1.15. The molecule has 1 aromatic carbocycles. The van der Waals surface area contributed by atoms with Crippen molar-refractivity contribution in [3.8, 4) is 0 Å². The molecule has 0 fully saturated rings. The van der Waals surface area contributed by atoms with E-state index in [0.29, 0.717) is 0 Å². The van der Waals surface area contributed by atoms with E-state index in [4.69, 9.17) is 0 Å². The summed E-state index contributed by atoms with van der Waals surface area (Å²) in [6, 6.07) is 12.0. The molecule has 0 aliphatic rings. The van der Waals surface area contributed by atoms with Gasteiger partial charge in [0.15, 0.2) is 0 Å². The summed E-state index contributed by atoms with van der Waals surface area (Å²) in [6.45, 7) is 0. The van der Waals surface area contributed by atoms with Crippen molar-refractivity contribution in [2.75, 3.05) is 0 Å². The second-order valence-corrected chi connectivity index (χ2v) is 1.15. The van der Waals surface area contributed by atoms with Crippen molar-refractivity contribution in [1.82, 2.24) is 0 Å². The molecule has 0 atom stereocenters. The van der Waals surface area contributed by atoms with E-state index in [-0.39, 0.29) is 23.5 Å². The molecule has 0 bridgehead atoms. The highest BCUT2D eigenvalue weighted by atomic mass is 19.0. The van der Waals surface area contributed by atoms with E-state index < -0.39 is 0 Å². The van der Waals surface area contributed by atoms with Gasteiger partial charge in [0.05, 0.1) is 0 Å². The van der Waals surface area contributed by atoms with Crippen molar-refractivity contribution >= 4 is 0 Å². The minimum absolute atomic E-state index is 0. The van der Waals surface area contributed by atoms with Gasteiger partial charge in [-0.1, -0.05) is 36.4 Å². The summed E-state index contributed by atoms with van der Waals surface area (Å²) >= 11 is 0. The molecule has 0 radical (unpaired) electrons.